The van der Waals surface area contributed by atoms with E-state index < -0.39 is 12.0 Å². The number of aromatic nitrogens is 1. The van der Waals surface area contributed by atoms with Crippen LogP contribution in [0.4, 0.5) is 5.69 Å². The van der Waals surface area contributed by atoms with E-state index in [0.29, 0.717) is 26.2 Å². The summed E-state index contributed by atoms with van der Waals surface area (Å²) in [6.45, 7) is 1.73. The Balaban J connectivity index is 1.86. The first-order valence-corrected chi connectivity index (χ1v) is 11.2. The quantitative estimate of drug-likeness (QED) is 0.557. The molecule has 156 valence electrons. The van der Waals surface area contributed by atoms with Crippen LogP contribution in [-0.2, 0) is 14.3 Å². The zero-order valence-electron chi connectivity index (χ0n) is 16.9. The first-order valence-electron chi connectivity index (χ1n) is 9.48. The first kappa shape index (κ1) is 19.7. The molecule has 1 aromatic carbocycles. The summed E-state index contributed by atoms with van der Waals surface area (Å²) < 4.78 is 6.82. The SMILES string of the molecule is COC(=O)C1=C(C)N=c2sc(=C3C(=O)N(C)c4ccccc43)c(=O)n2C1c1cccs1. The smallest absolute Gasteiger partial charge is 0.338 e. The Kier molecular flexibility index (Phi) is 4.53. The molecule has 2 aliphatic rings. The normalized spacial score (nSPS) is 19.3. The van der Waals surface area contributed by atoms with Crippen molar-refractivity contribution in [2.75, 3.05) is 19.1 Å². The maximum absolute atomic E-state index is 13.7. The zero-order chi connectivity index (χ0) is 21.9. The lowest BCUT2D eigenvalue weighted by Gasteiger charge is -2.22. The molecule has 0 aliphatic carbocycles. The maximum atomic E-state index is 13.7. The molecule has 4 heterocycles. The Morgan fingerprint density at radius 2 is 1.94 bits per heavy atom. The molecule has 3 aromatic rings. The lowest BCUT2D eigenvalue weighted by atomic mass is 10.0. The number of carbonyl (C=O) groups excluding carboxylic acids is 2. The summed E-state index contributed by atoms with van der Waals surface area (Å²) in [6, 6.07) is 10.5. The molecular weight excluding hydrogens is 434 g/mol. The van der Waals surface area contributed by atoms with E-state index in [1.165, 1.54) is 34.4 Å². The van der Waals surface area contributed by atoms with Crippen LogP contribution in [0.15, 0.2) is 62.8 Å². The molecule has 9 heteroatoms. The van der Waals surface area contributed by atoms with Gasteiger partial charge in [-0.3, -0.25) is 14.2 Å². The van der Waals surface area contributed by atoms with E-state index in [9.17, 15) is 14.4 Å². The number of esters is 1. The molecule has 2 aliphatic heterocycles. The van der Waals surface area contributed by atoms with Gasteiger partial charge in [0.25, 0.3) is 11.5 Å². The number of ether oxygens (including phenoxy) is 1. The lowest BCUT2D eigenvalue weighted by molar-refractivity contribution is -0.136. The molecule has 0 bridgehead atoms. The number of likely N-dealkylation sites (N-methyl/N-ethyl adjacent to an activating group) is 1. The highest BCUT2D eigenvalue weighted by Gasteiger charge is 2.36. The summed E-state index contributed by atoms with van der Waals surface area (Å²) >= 11 is 2.62. The van der Waals surface area contributed by atoms with Crippen molar-refractivity contribution in [2.45, 2.75) is 13.0 Å². The number of hydrogen-bond acceptors (Lipinski definition) is 7. The number of allylic oxidation sites excluding steroid dienone is 1. The van der Waals surface area contributed by atoms with E-state index >= 15 is 0 Å². The number of rotatable bonds is 2. The monoisotopic (exact) mass is 451 g/mol. The van der Waals surface area contributed by atoms with Crippen LogP contribution in [0.1, 0.15) is 23.4 Å². The Bertz CT molecular complexity index is 1460. The fraction of sp³-hybridized carbons (Fsp3) is 0.182. The predicted octanol–water partition coefficient (Wildman–Crippen LogP) is 1.82. The van der Waals surface area contributed by atoms with Crippen LogP contribution in [0, 0.1) is 0 Å². The standard InChI is InChI=1S/C22H17N3O4S2/c1-11-15(21(28)29-3)17(14-9-6-10-30-14)25-20(27)18(31-22(25)23-11)16-12-7-4-5-8-13(12)24(2)19(16)26/h4-10,17H,1-3H3. The summed E-state index contributed by atoms with van der Waals surface area (Å²) in [5.41, 5.74) is 2.32. The van der Waals surface area contributed by atoms with Gasteiger partial charge in [0.1, 0.15) is 10.6 Å². The molecular formula is C22H17N3O4S2. The molecule has 0 N–H and O–H groups in total. The number of hydrogen-bond donors (Lipinski definition) is 0. The molecule has 2 aromatic heterocycles. The number of methoxy groups -OCH3 is 1. The molecule has 0 spiro atoms. The number of anilines is 1. The number of fused-ring (bicyclic) bond motifs is 2. The molecule has 0 radical (unpaired) electrons. The zero-order valence-corrected chi connectivity index (χ0v) is 18.5. The van der Waals surface area contributed by atoms with Crippen LogP contribution in [0.5, 0.6) is 0 Å². The first-order chi connectivity index (χ1) is 14.9. The Morgan fingerprint density at radius 3 is 2.65 bits per heavy atom. The van der Waals surface area contributed by atoms with E-state index in [-0.39, 0.29) is 11.5 Å². The predicted molar refractivity (Wildman–Crippen MR) is 119 cm³/mol. The minimum atomic E-state index is -0.650. The second-order valence-corrected chi connectivity index (χ2v) is 9.12. The second-order valence-electron chi connectivity index (χ2n) is 7.17. The van der Waals surface area contributed by atoms with Crippen molar-refractivity contribution in [1.29, 1.82) is 0 Å². The highest BCUT2D eigenvalue weighted by Crippen LogP contribution is 2.35. The minimum Gasteiger partial charge on any atom is -0.466 e. The van der Waals surface area contributed by atoms with Crippen LogP contribution >= 0.6 is 22.7 Å². The molecule has 0 saturated carbocycles. The van der Waals surface area contributed by atoms with Gasteiger partial charge >= 0.3 is 5.97 Å². The molecule has 1 amide bonds. The van der Waals surface area contributed by atoms with Gasteiger partial charge in [0, 0.05) is 17.5 Å². The van der Waals surface area contributed by atoms with Crippen LogP contribution in [0.2, 0.25) is 0 Å². The average molecular weight is 452 g/mol. The second kappa shape index (κ2) is 7.14. The van der Waals surface area contributed by atoms with E-state index in [1.807, 2.05) is 41.8 Å². The van der Waals surface area contributed by atoms with Gasteiger partial charge in [-0.2, -0.15) is 0 Å². The maximum Gasteiger partial charge on any atom is 0.338 e. The van der Waals surface area contributed by atoms with Crippen LogP contribution in [0.25, 0.3) is 5.57 Å². The van der Waals surface area contributed by atoms with Crippen LogP contribution in [-0.4, -0.2) is 30.6 Å². The van der Waals surface area contributed by atoms with Gasteiger partial charge in [-0.25, -0.2) is 9.79 Å². The summed E-state index contributed by atoms with van der Waals surface area (Å²) in [4.78, 5) is 46.7. The van der Waals surface area contributed by atoms with Crippen molar-refractivity contribution in [3.63, 3.8) is 0 Å². The average Bonchev–Trinajstić information content (AvgIpc) is 3.46. The van der Waals surface area contributed by atoms with Gasteiger partial charge in [-0.15, -0.1) is 11.3 Å². The fourth-order valence-corrected chi connectivity index (χ4v) is 6.01. The number of amides is 1. The third-order valence-electron chi connectivity index (χ3n) is 5.50. The minimum absolute atomic E-state index is 0.233. The largest absolute Gasteiger partial charge is 0.466 e. The third-order valence-corrected chi connectivity index (χ3v) is 7.47. The Hall–Kier alpha value is -3.30. The van der Waals surface area contributed by atoms with Crippen LogP contribution < -0.4 is 19.8 Å². The number of thiazole rings is 1. The third kappa shape index (κ3) is 2.77. The van der Waals surface area contributed by atoms with Gasteiger partial charge in [0.15, 0.2) is 4.80 Å². The van der Waals surface area contributed by atoms with Gasteiger partial charge in [-0.05, 0) is 24.4 Å². The number of carbonyl (C=O) groups is 2. The van der Waals surface area contributed by atoms with Gasteiger partial charge in [-0.1, -0.05) is 35.6 Å². The Morgan fingerprint density at radius 1 is 1.16 bits per heavy atom. The van der Waals surface area contributed by atoms with E-state index in [1.54, 1.807) is 18.9 Å². The molecule has 5 rings (SSSR count). The van der Waals surface area contributed by atoms with Gasteiger partial charge in [0.2, 0.25) is 0 Å². The van der Waals surface area contributed by atoms with Crippen molar-refractivity contribution < 1.29 is 14.3 Å². The molecule has 1 unspecified atom stereocenters. The molecule has 7 nitrogen and oxygen atoms in total. The fourth-order valence-electron chi connectivity index (χ4n) is 4.05. The highest BCUT2D eigenvalue weighted by atomic mass is 32.1. The summed E-state index contributed by atoms with van der Waals surface area (Å²) in [5, 5.41) is 1.89. The molecule has 0 fully saturated rings. The van der Waals surface area contributed by atoms with Crippen molar-refractivity contribution in [2.24, 2.45) is 4.99 Å². The lowest BCUT2D eigenvalue weighted by Crippen LogP contribution is -2.40. The van der Waals surface area contributed by atoms with Crippen LogP contribution in [0.3, 0.4) is 0 Å². The van der Waals surface area contributed by atoms with Gasteiger partial charge < -0.3 is 9.64 Å². The van der Waals surface area contributed by atoms with Crippen molar-refractivity contribution >= 4 is 45.8 Å². The summed E-state index contributed by atoms with van der Waals surface area (Å²) in [6.07, 6.45) is 0. The van der Waals surface area contributed by atoms with E-state index in [4.69, 9.17) is 4.74 Å². The van der Waals surface area contributed by atoms with Crippen molar-refractivity contribution in [3.05, 3.63) is 83.2 Å². The van der Waals surface area contributed by atoms with E-state index in [2.05, 4.69) is 4.99 Å². The Labute approximate surface area is 184 Å². The number of benzene rings is 1. The number of thiophene rings is 1. The topological polar surface area (TPSA) is 81.0 Å². The van der Waals surface area contributed by atoms with Crippen molar-refractivity contribution in [1.82, 2.24) is 4.57 Å². The molecule has 0 saturated heterocycles. The molecule has 1 atom stereocenters. The summed E-state index contributed by atoms with van der Waals surface area (Å²) in [7, 11) is 3.00. The highest BCUT2D eigenvalue weighted by molar-refractivity contribution is 7.10. The van der Waals surface area contributed by atoms with Crippen molar-refractivity contribution in [3.8, 4) is 0 Å². The number of nitrogens with zero attached hydrogens (tertiary/aromatic N) is 3. The van der Waals surface area contributed by atoms with Gasteiger partial charge in [0.05, 0.1) is 29.6 Å². The molecule has 31 heavy (non-hydrogen) atoms. The summed E-state index contributed by atoms with van der Waals surface area (Å²) in [5.74, 6) is -0.761. The number of para-hydroxylation sites is 1. The van der Waals surface area contributed by atoms with E-state index in [0.717, 1.165) is 16.1 Å².